The van der Waals surface area contributed by atoms with Crippen LogP contribution in [0.4, 0.5) is 11.6 Å². The predicted molar refractivity (Wildman–Crippen MR) is 70.2 cm³/mol. The summed E-state index contributed by atoms with van der Waals surface area (Å²) in [6.07, 6.45) is 4.31. The van der Waals surface area contributed by atoms with Crippen molar-refractivity contribution in [2.24, 2.45) is 0 Å². The molecule has 1 aromatic rings. The number of rotatable bonds is 8. The lowest BCUT2D eigenvalue weighted by Gasteiger charge is -2.16. The molecule has 0 spiro atoms. The van der Waals surface area contributed by atoms with Gasteiger partial charge >= 0.3 is 0 Å². The summed E-state index contributed by atoms with van der Waals surface area (Å²) in [6, 6.07) is 2.16. The first-order valence-corrected chi connectivity index (χ1v) is 6.23. The van der Waals surface area contributed by atoms with Crippen molar-refractivity contribution in [1.82, 2.24) is 9.97 Å². The molecule has 96 valence electrons. The largest absolute Gasteiger partial charge is 0.396 e. The third-order valence-corrected chi connectivity index (χ3v) is 2.55. The number of aliphatic hydroxyl groups excluding tert-OH is 1. The maximum Gasteiger partial charge on any atom is 0.131 e. The lowest BCUT2D eigenvalue weighted by molar-refractivity contribution is 0.278. The molecule has 0 amide bonds. The maximum absolute atomic E-state index is 8.93. The summed E-state index contributed by atoms with van der Waals surface area (Å²) in [5.41, 5.74) is 0. The molecule has 0 aromatic carbocycles. The molecule has 0 fully saturated rings. The fraction of sp³-hybridized carbons (Fsp3) is 0.667. The van der Waals surface area contributed by atoms with Gasteiger partial charge in [0.2, 0.25) is 0 Å². The van der Waals surface area contributed by atoms with E-state index in [2.05, 4.69) is 34.4 Å². The van der Waals surface area contributed by atoms with Crippen LogP contribution in [0.3, 0.4) is 0 Å². The second kappa shape index (κ2) is 7.84. The van der Waals surface area contributed by atoms with Gasteiger partial charge in [-0.2, -0.15) is 0 Å². The molecule has 0 radical (unpaired) electrons. The summed E-state index contributed by atoms with van der Waals surface area (Å²) < 4.78 is 0. The predicted octanol–water partition coefficient (Wildman–Crippen LogP) is 1.87. The molecule has 0 saturated carbocycles. The zero-order valence-electron chi connectivity index (χ0n) is 10.6. The highest BCUT2D eigenvalue weighted by Crippen LogP contribution is 2.12. The summed E-state index contributed by atoms with van der Waals surface area (Å²) in [5, 5.41) is 15.4. The third-order valence-electron chi connectivity index (χ3n) is 2.55. The number of hydrogen-bond donors (Lipinski definition) is 3. The quantitative estimate of drug-likeness (QED) is 0.645. The standard InChI is InChI=1S/C12H22N4O/c1-3-6-13-11-8-12(15-9-14-11)16-10(4-2)5-7-17/h8-10,17H,3-7H2,1-2H3,(H2,13,14,15,16). The van der Waals surface area contributed by atoms with Crippen LogP contribution in [0.5, 0.6) is 0 Å². The Morgan fingerprint density at radius 3 is 2.71 bits per heavy atom. The Bertz CT molecular complexity index is 319. The van der Waals surface area contributed by atoms with Gasteiger partial charge in [-0.3, -0.25) is 0 Å². The molecule has 1 atom stereocenters. The Labute approximate surface area is 103 Å². The van der Waals surface area contributed by atoms with Gasteiger partial charge in [-0.15, -0.1) is 0 Å². The van der Waals surface area contributed by atoms with E-state index in [0.29, 0.717) is 0 Å². The fourth-order valence-corrected chi connectivity index (χ4v) is 1.53. The monoisotopic (exact) mass is 238 g/mol. The molecule has 0 saturated heterocycles. The molecule has 5 nitrogen and oxygen atoms in total. The summed E-state index contributed by atoms with van der Waals surface area (Å²) in [7, 11) is 0. The van der Waals surface area contributed by atoms with Crippen molar-refractivity contribution < 1.29 is 5.11 Å². The lowest BCUT2D eigenvalue weighted by Crippen LogP contribution is -2.20. The van der Waals surface area contributed by atoms with E-state index in [0.717, 1.165) is 37.4 Å². The van der Waals surface area contributed by atoms with Crippen LogP contribution < -0.4 is 10.6 Å². The molecule has 1 heterocycles. The van der Waals surface area contributed by atoms with E-state index >= 15 is 0 Å². The van der Waals surface area contributed by atoms with Gasteiger partial charge in [0.15, 0.2) is 0 Å². The zero-order chi connectivity index (χ0) is 12.5. The van der Waals surface area contributed by atoms with Gasteiger partial charge in [0.25, 0.3) is 0 Å². The summed E-state index contributed by atoms with van der Waals surface area (Å²) >= 11 is 0. The topological polar surface area (TPSA) is 70.1 Å². The second-order valence-electron chi connectivity index (χ2n) is 3.98. The molecule has 17 heavy (non-hydrogen) atoms. The highest BCUT2D eigenvalue weighted by Gasteiger charge is 2.06. The van der Waals surface area contributed by atoms with E-state index in [9.17, 15) is 0 Å². The van der Waals surface area contributed by atoms with Gasteiger partial charge in [-0.1, -0.05) is 13.8 Å². The first-order chi connectivity index (χ1) is 8.30. The van der Waals surface area contributed by atoms with Crippen molar-refractivity contribution in [2.45, 2.75) is 39.2 Å². The lowest BCUT2D eigenvalue weighted by atomic mass is 10.1. The van der Waals surface area contributed by atoms with Crippen LogP contribution in [0.25, 0.3) is 0 Å². The van der Waals surface area contributed by atoms with Crippen LogP contribution in [0.1, 0.15) is 33.1 Å². The number of aliphatic hydroxyl groups is 1. The molecule has 0 aliphatic carbocycles. The Morgan fingerprint density at radius 1 is 1.29 bits per heavy atom. The Morgan fingerprint density at radius 2 is 2.06 bits per heavy atom. The van der Waals surface area contributed by atoms with E-state index in [1.165, 1.54) is 0 Å². The molecule has 0 bridgehead atoms. The first kappa shape index (κ1) is 13.7. The smallest absolute Gasteiger partial charge is 0.131 e. The first-order valence-electron chi connectivity index (χ1n) is 6.23. The van der Waals surface area contributed by atoms with E-state index in [1.807, 2.05) is 6.07 Å². The van der Waals surface area contributed by atoms with Gasteiger partial charge in [0.1, 0.15) is 18.0 Å². The van der Waals surface area contributed by atoms with Crippen molar-refractivity contribution >= 4 is 11.6 Å². The van der Waals surface area contributed by atoms with Crippen LogP contribution in [0, 0.1) is 0 Å². The summed E-state index contributed by atoms with van der Waals surface area (Å²) in [4.78, 5) is 8.32. The highest BCUT2D eigenvalue weighted by molar-refractivity contribution is 5.46. The van der Waals surface area contributed by atoms with Crippen molar-refractivity contribution in [1.29, 1.82) is 0 Å². The molecule has 1 aromatic heterocycles. The van der Waals surface area contributed by atoms with Gasteiger partial charge in [0.05, 0.1) is 0 Å². The van der Waals surface area contributed by atoms with Crippen LogP contribution in [0.2, 0.25) is 0 Å². The van der Waals surface area contributed by atoms with Gasteiger partial charge in [-0.05, 0) is 19.3 Å². The number of aromatic nitrogens is 2. The molecule has 1 unspecified atom stereocenters. The van der Waals surface area contributed by atoms with Crippen molar-refractivity contribution in [2.75, 3.05) is 23.8 Å². The second-order valence-corrected chi connectivity index (χ2v) is 3.98. The van der Waals surface area contributed by atoms with Gasteiger partial charge < -0.3 is 15.7 Å². The van der Waals surface area contributed by atoms with Gasteiger partial charge in [0, 0.05) is 25.3 Å². The van der Waals surface area contributed by atoms with Crippen LogP contribution >= 0.6 is 0 Å². The molecular formula is C12H22N4O. The van der Waals surface area contributed by atoms with Crippen LogP contribution in [-0.4, -0.2) is 34.3 Å². The average molecular weight is 238 g/mol. The summed E-state index contributed by atoms with van der Waals surface area (Å²) in [5.74, 6) is 1.64. The fourth-order valence-electron chi connectivity index (χ4n) is 1.53. The normalized spacial score (nSPS) is 12.2. The van der Waals surface area contributed by atoms with E-state index in [4.69, 9.17) is 5.11 Å². The SMILES string of the molecule is CCCNc1cc(NC(CC)CCO)ncn1. The van der Waals surface area contributed by atoms with E-state index in [1.54, 1.807) is 6.33 Å². The number of anilines is 2. The third kappa shape index (κ3) is 4.99. The Balaban J connectivity index is 2.57. The van der Waals surface area contributed by atoms with Crippen LogP contribution in [0.15, 0.2) is 12.4 Å². The highest BCUT2D eigenvalue weighted by atomic mass is 16.3. The Hall–Kier alpha value is -1.36. The molecule has 0 aliphatic heterocycles. The van der Waals surface area contributed by atoms with E-state index in [-0.39, 0.29) is 12.6 Å². The molecule has 5 heteroatoms. The average Bonchev–Trinajstić information content (AvgIpc) is 2.36. The zero-order valence-corrected chi connectivity index (χ0v) is 10.6. The van der Waals surface area contributed by atoms with Crippen molar-refractivity contribution in [3.8, 4) is 0 Å². The minimum absolute atomic E-state index is 0.192. The molecular weight excluding hydrogens is 216 g/mol. The number of nitrogens with one attached hydrogen (secondary N) is 2. The number of hydrogen-bond acceptors (Lipinski definition) is 5. The minimum Gasteiger partial charge on any atom is -0.396 e. The van der Waals surface area contributed by atoms with Gasteiger partial charge in [-0.25, -0.2) is 9.97 Å². The molecule has 0 aliphatic rings. The van der Waals surface area contributed by atoms with E-state index < -0.39 is 0 Å². The van der Waals surface area contributed by atoms with Crippen LogP contribution in [-0.2, 0) is 0 Å². The number of nitrogens with zero attached hydrogens (tertiary/aromatic N) is 2. The Kier molecular flexibility index (Phi) is 6.32. The minimum atomic E-state index is 0.192. The molecule has 3 N–H and O–H groups in total. The van der Waals surface area contributed by atoms with Crippen molar-refractivity contribution in [3.63, 3.8) is 0 Å². The van der Waals surface area contributed by atoms with Crippen molar-refractivity contribution in [3.05, 3.63) is 12.4 Å². The summed E-state index contributed by atoms with van der Waals surface area (Å²) in [6.45, 7) is 5.30. The maximum atomic E-state index is 8.93. The molecule has 1 rings (SSSR count).